The Morgan fingerprint density at radius 3 is 2.70 bits per heavy atom. The summed E-state index contributed by atoms with van der Waals surface area (Å²) in [6, 6.07) is 0.298. The molecular weight excluding hydrogens is 258 g/mol. The number of rotatable bonds is 3. The van der Waals surface area contributed by atoms with Crippen molar-refractivity contribution >= 4 is 6.09 Å². The van der Waals surface area contributed by atoms with E-state index >= 15 is 0 Å². The Labute approximate surface area is 118 Å². The molecule has 0 bridgehead atoms. The van der Waals surface area contributed by atoms with E-state index in [2.05, 4.69) is 15.6 Å². The second-order valence-electron chi connectivity index (χ2n) is 6.38. The van der Waals surface area contributed by atoms with Crippen molar-refractivity contribution in [2.75, 3.05) is 0 Å². The Balaban J connectivity index is 1.78. The zero-order valence-electron chi connectivity index (χ0n) is 12.5. The Morgan fingerprint density at radius 2 is 2.20 bits per heavy atom. The number of aromatic nitrogens is 3. The first-order chi connectivity index (χ1) is 9.24. The molecule has 1 atom stereocenters. The third-order valence-electron chi connectivity index (χ3n) is 3.20. The number of alkyl carbamates (subject to hydrolysis) is 1. The number of hydrogen-bond acceptors (Lipinski definition) is 5. The van der Waals surface area contributed by atoms with Gasteiger partial charge in [-0.2, -0.15) is 0 Å². The number of hydrogen-bond donors (Lipinski definition) is 2. The van der Waals surface area contributed by atoms with Gasteiger partial charge in [0.2, 0.25) is 0 Å². The molecule has 7 heteroatoms. The summed E-state index contributed by atoms with van der Waals surface area (Å²) >= 11 is 0. The summed E-state index contributed by atoms with van der Waals surface area (Å²) in [4.78, 5) is 11.6. The monoisotopic (exact) mass is 281 g/mol. The van der Waals surface area contributed by atoms with Crippen molar-refractivity contribution < 1.29 is 9.53 Å². The van der Waals surface area contributed by atoms with Gasteiger partial charge >= 0.3 is 6.09 Å². The SMILES string of the molecule is CC(N)c1cn(C2CC(NC(=O)OC(C)(C)C)C2)nn1. The number of amides is 1. The van der Waals surface area contributed by atoms with Crippen LogP contribution in [0.1, 0.15) is 58.3 Å². The normalized spacial score (nSPS) is 23.9. The molecule has 1 saturated carbocycles. The van der Waals surface area contributed by atoms with Crippen molar-refractivity contribution in [2.24, 2.45) is 5.73 Å². The fourth-order valence-electron chi connectivity index (χ4n) is 2.07. The predicted octanol–water partition coefficient (Wildman–Crippen LogP) is 1.53. The standard InChI is InChI=1S/C13H23N5O2/c1-8(14)11-7-18(17-16-11)10-5-9(6-10)15-12(19)20-13(2,3)4/h7-10H,5-6,14H2,1-4H3,(H,15,19). The van der Waals surface area contributed by atoms with Crippen molar-refractivity contribution in [1.82, 2.24) is 20.3 Å². The van der Waals surface area contributed by atoms with Crippen LogP contribution in [0.25, 0.3) is 0 Å². The summed E-state index contributed by atoms with van der Waals surface area (Å²) in [5.41, 5.74) is 6.07. The average Bonchev–Trinajstić information content (AvgIpc) is 2.68. The minimum Gasteiger partial charge on any atom is -0.444 e. The molecular formula is C13H23N5O2. The van der Waals surface area contributed by atoms with Crippen LogP contribution in [0.5, 0.6) is 0 Å². The largest absolute Gasteiger partial charge is 0.444 e. The molecule has 0 radical (unpaired) electrons. The Morgan fingerprint density at radius 1 is 1.55 bits per heavy atom. The van der Waals surface area contributed by atoms with Crippen molar-refractivity contribution in [3.05, 3.63) is 11.9 Å². The van der Waals surface area contributed by atoms with Gasteiger partial charge in [0.05, 0.1) is 17.9 Å². The molecule has 7 nitrogen and oxygen atoms in total. The maximum absolute atomic E-state index is 11.6. The van der Waals surface area contributed by atoms with Crippen LogP contribution >= 0.6 is 0 Å². The summed E-state index contributed by atoms with van der Waals surface area (Å²) in [5.74, 6) is 0. The van der Waals surface area contributed by atoms with Crippen LogP contribution in [-0.4, -0.2) is 32.7 Å². The summed E-state index contributed by atoms with van der Waals surface area (Å²) in [6.07, 6.45) is 3.18. The van der Waals surface area contributed by atoms with Crippen LogP contribution in [0.3, 0.4) is 0 Å². The predicted molar refractivity (Wildman–Crippen MR) is 74.1 cm³/mol. The molecule has 112 valence electrons. The van der Waals surface area contributed by atoms with E-state index in [4.69, 9.17) is 10.5 Å². The highest BCUT2D eigenvalue weighted by atomic mass is 16.6. The molecule has 1 aromatic rings. The highest BCUT2D eigenvalue weighted by molar-refractivity contribution is 5.68. The van der Waals surface area contributed by atoms with Crippen molar-refractivity contribution in [3.63, 3.8) is 0 Å². The number of carbonyl (C=O) groups is 1. The fourth-order valence-corrected chi connectivity index (χ4v) is 2.07. The molecule has 20 heavy (non-hydrogen) atoms. The number of carbonyl (C=O) groups excluding carboxylic acids is 1. The minimum atomic E-state index is -0.467. The molecule has 0 saturated heterocycles. The van der Waals surface area contributed by atoms with Gasteiger partial charge < -0.3 is 15.8 Å². The molecule has 1 fully saturated rings. The molecule has 1 unspecified atom stereocenters. The molecule has 3 N–H and O–H groups in total. The molecule has 1 heterocycles. The molecule has 1 aliphatic carbocycles. The van der Waals surface area contributed by atoms with Crippen molar-refractivity contribution in [3.8, 4) is 0 Å². The number of ether oxygens (including phenoxy) is 1. The summed E-state index contributed by atoms with van der Waals surface area (Å²) in [5, 5.41) is 11.0. The van der Waals surface area contributed by atoms with Crippen LogP contribution in [-0.2, 0) is 4.74 Å². The van der Waals surface area contributed by atoms with Crippen LogP contribution in [0, 0.1) is 0 Å². The quantitative estimate of drug-likeness (QED) is 0.876. The zero-order chi connectivity index (χ0) is 14.9. The highest BCUT2D eigenvalue weighted by Crippen LogP contribution is 2.32. The van der Waals surface area contributed by atoms with Crippen LogP contribution < -0.4 is 11.1 Å². The van der Waals surface area contributed by atoms with E-state index in [1.165, 1.54) is 0 Å². The maximum atomic E-state index is 11.6. The highest BCUT2D eigenvalue weighted by Gasteiger charge is 2.33. The smallest absolute Gasteiger partial charge is 0.407 e. The molecule has 0 spiro atoms. The van der Waals surface area contributed by atoms with Gasteiger partial charge in [-0.15, -0.1) is 5.10 Å². The van der Waals surface area contributed by atoms with E-state index in [0.29, 0.717) is 0 Å². The first kappa shape index (κ1) is 14.8. The zero-order valence-corrected chi connectivity index (χ0v) is 12.5. The molecule has 2 rings (SSSR count). The molecule has 0 aromatic carbocycles. The topological polar surface area (TPSA) is 95.1 Å². The lowest BCUT2D eigenvalue weighted by atomic mass is 9.87. The van der Waals surface area contributed by atoms with E-state index < -0.39 is 5.60 Å². The third-order valence-corrected chi connectivity index (χ3v) is 3.20. The Kier molecular flexibility index (Phi) is 3.99. The van der Waals surface area contributed by atoms with Crippen LogP contribution in [0.15, 0.2) is 6.20 Å². The molecule has 1 aliphatic rings. The van der Waals surface area contributed by atoms with Gasteiger partial charge in [0.25, 0.3) is 0 Å². The number of nitrogens with one attached hydrogen (secondary N) is 1. The van der Waals surface area contributed by atoms with E-state index in [9.17, 15) is 4.79 Å². The lowest BCUT2D eigenvalue weighted by molar-refractivity contribution is 0.0452. The number of nitrogens with two attached hydrogens (primary N) is 1. The molecule has 1 aromatic heterocycles. The van der Waals surface area contributed by atoms with E-state index in [1.807, 2.05) is 38.6 Å². The van der Waals surface area contributed by atoms with Gasteiger partial charge in [0.15, 0.2) is 0 Å². The van der Waals surface area contributed by atoms with Gasteiger partial charge in [-0.1, -0.05) is 5.21 Å². The summed E-state index contributed by atoms with van der Waals surface area (Å²) in [7, 11) is 0. The Hall–Kier alpha value is -1.63. The summed E-state index contributed by atoms with van der Waals surface area (Å²) in [6.45, 7) is 7.42. The van der Waals surface area contributed by atoms with E-state index in [-0.39, 0.29) is 24.2 Å². The fraction of sp³-hybridized carbons (Fsp3) is 0.769. The van der Waals surface area contributed by atoms with Gasteiger partial charge in [0, 0.05) is 12.1 Å². The van der Waals surface area contributed by atoms with Crippen LogP contribution in [0.2, 0.25) is 0 Å². The van der Waals surface area contributed by atoms with Crippen molar-refractivity contribution in [1.29, 1.82) is 0 Å². The van der Waals surface area contributed by atoms with Gasteiger partial charge in [-0.05, 0) is 40.5 Å². The lowest BCUT2D eigenvalue weighted by Crippen LogP contribution is -2.46. The third kappa shape index (κ3) is 3.69. The first-order valence-corrected chi connectivity index (χ1v) is 6.91. The molecule has 1 amide bonds. The first-order valence-electron chi connectivity index (χ1n) is 6.91. The van der Waals surface area contributed by atoms with E-state index in [1.54, 1.807) is 0 Å². The second kappa shape index (κ2) is 5.40. The second-order valence-corrected chi connectivity index (χ2v) is 6.38. The van der Waals surface area contributed by atoms with Gasteiger partial charge in [-0.25, -0.2) is 9.48 Å². The number of nitrogens with zero attached hydrogens (tertiary/aromatic N) is 3. The van der Waals surface area contributed by atoms with Crippen LogP contribution in [0.4, 0.5) is 4.79 Å². The molecule has 0 aliphatic heterocycles. The lowest BCUT2D eigenvalue weighted by Gasteiger charge is -2.35. The van der Waals surface area contributed by atoms with Gasteiger partial charge in [0.1, 0.15) is 5.60 Å². The summed E-state index contributed by atoms with van der Waals surface area (Å²) < 4.78 is 7.04. The minimum absolute atomic E-state index is 0.112. The van der Waals surface area contributed by atoms with Gasteiger partial charge in [-0.3, -0.25) is 0 Å². The maximum Gasteiger partial charge on any atom is 0.407 e. The average molecular weight is 281 g/mol. The Bertz CT molecular complexity index is 471. The van der Waals surface area contributed by atoms with Crippen molar-refractivity contribution in [2.45, 2.75) is 64.3 Å². The van der Waals surface area contributed by atoms with E-state index in [0.717, 1.165) is 18.5 Å².